The topological polar surface area (TPSA) is 45.7 Å². The molecule has 1 aliphatic rings. The minimum Gasteiger partial charge on any atom is -0.376 e. The molecular formula is C14H19BrFN3O. The Labute approximate surface area is 126 Å². The third-order valence-electron chi connectivity index (χ3n) is 3.19. The van der Waals surface area contributed by atoms with Crippen molar-refractivity contribution in [3.8, 4) is 0 Å². The van der Waals surface area contributed by atoms with Crippen molar-refractivity contribution in [1.29, 1.82) is 0 Å². The first-order chi connectivity index (χ1) is 9.69. The molecule has 1 aromatic carbocycles. The van der Waals surface area contributed by atoms with Crippen LogP contribution in [-0.2, 0) is 11.3 Å². The van der Waals surface area contributed by atoms with E-state index in [0.717, 1.165) is 31.6 Å². The van der Waals surface area contributed by atoms with E-state index in [9.17, 15) is 4.39 Å². The summed E-state index contributed by atoms with van der Waals surface area (Å²) in [6.45, 7) is 2.11. The van der Waals surface area contributed by atoms with E-state index in [4.69, 9.17) is 4.74 Å². The fourth-order valence-corrected chi connectivity index (χ4v) is 2.32. The molecule has 1 saturated heterocycles. The fraction of sp³-hybridized carbons (Fsp3) is 0.500. The van der Waals surface area contributed by atoms with Gasteiger partial charge in [-0.15, -0.1) is 0 Å². The molecule has 0 bridgehead atoms. The monoisotopic (exact) mass is 343 g/mol. The first-order valence-corrected chi connectivity index (χ1v) is 7.48. The minimum absolute atomic E-state index is 0.258. The zero-order valence-electron chi connectivity index (χ0n) is 11.5. The first-order valence-electron chi connectivity index (χ1n) is 6.69. The Kier molecular flexibility index (Phi) is 5.79. The summed E-state index contributed by atoms with van der Waals surface area (Å²) in [4.78, 5) is 4.14. The molecule has 0 aromatic heterocycles. The maximum Gasteiger partial charge on any atom is 0.191 e. The van der Waals surface area contributed by atoms with E-state index in [0.29, 0.717) is 17.0 Å². The van der Waals surface area contributed by atoms with E-state index in [-0.39, 0.29) is 11.9 Å². The second-order valence-corrected chi connectivity index (χ2v) is 5.54. The van der Waals surface area contributed by atoms with Gasteiger partial charge in [-0.05, 0) is 46.5 Å². The number of benzene rings is 1. The third kappa shape index (κ3) is 4.45. The Morgan fingerprint density at radius 1 is 1.50 bits per heavy atom. The van der Waals surface area contributed by atoms with Gasteiger partial charge in [0.25, 0.3) is 0 Å². The van der Waals surface area contributed by atoms with Gasteiger partial charge in [-0.25, -0.2) is 4.39 Å². The lowest BCUT2D eigenvalue weighted by atomic mass is 10.2. The van der Waals surface area contributed by atoms with Crippen LogP contribution in [0.5, 0.6) is 0 Å². The van der Waals surface area contributed by atoms with Crippen LogP contribution >= 0.6 is 15.9 Å². The highest BCUT2D eigenvalue weighted by Crippen LogP contribution is 2.16. The van der Waals surface area contributed by atoms with Gasteiger partial charge < -0.3 is 15.4 Å². The molecular weight excluding hydrogens is 325 g/mol. The summed E-state index contributed by atoms with van der Waals surface area (Å²) >= 11 is 3.14. The minimum atomic E-state index is -0.258. The molecule has 6 heteroatoms. The number of nitrogens with zero attached hydrogens (tertiary/aromatic N) is 1. The smallest absolute Gasteiger partial charge is 0.191 e. The zero-order valence-corrected chi connectivity index (χ0v) is 13.0. The molecule has 20 heavy (non-hydrogen) atoms. The summed E-state index contributed by atoms with van der Waals surface area (Å²) in [7, 11) is 1.72. The highest BCUT2D eigenvalue weighted by Gasteiger charge is 2.15. The van der Waals surface area contributed by atoms with Gasteiger partial charge in [0.2, 0.25) is 0 Å². The average molecular weight is 344 g/mol. The van der Waals surface area contributed by atoms with E-state index in [1.165, 1.54) is 6.07 Å². The van der Waals surface area contributed by atoms with Gasteiger partial charge in [-0.3, -0.25) is 4.99 Å². The lowest BCUT2D eigenvalue weighted by Gasteiger charge is -2.15. The van der Waals surface area contributed by atoms with Crippen LogP contribution in [0, 0.1) is 5.82 Å². The molecule has 1 fully saturated rings. The maximum absolute atomic E-state index is 13.4. The van der Waals surface area contributed by atoms with Crippen molar-refractivity contribution in [3.05, 3.63) is 34.1 Å². The Morgan fingerprint density at radius 2 is 2.35 bits per heavy atom. The quantitative estimate of drug-likeness (QED) is 0.652. The normalized spacial score (nSPS) is 19.1. The summed E-state index contributed by atoms with van der Waals surface area (Å²) in [6, 6.07) is 5.08. The van der Waals surface area contributed by atoms with Crippen molar-refractivity contribution >= 4 is 21.9 Å². The second-order valence-electron chi connectivity index (χ2n) is 4.69. The molecule has 4 nitrogen and oxygen atoms in total. The summed E-state index contributed by atoms with van der Waals surface area (Å²) in [6.07, 6.45) is 2.47. The van der Waals surface area contributed by atoms with Crippen molar-refractivity contribution in [2.24, 2.45) is 4.99 Å². The number of hydrogen-bond acceptors (Lipinski definition) is 2. The summed E-state index contributed by atoms with van der Waals surface area (Å²) in [5.74, 6) is 0.440. The molecule has 2 rings (SSSR count). The van der Waals surface area contributed by atoms with Gasteiger partial charge in [0.05, 0.1) is 10.6 Å². The van der Waals surface area contributed by atoms with Gasteiger partial charge in [0.1, 0.15) is 5.82 Å². The number of rotatable bonds is 4. The number of hydrogen-bond donors (Lipinski definition) is 2. The van der Waals surface area contributed by atoms with Crippen molar-refractivity contribution in [1.82, 2.24) is 10.6 Å². The van der Waals surface area contributed by atoms with E-state index in [2.05, 4.69) is 31.6 Å². The van der Waals surface area contributed by atoms with Gasteiger partial charge in [-0.1, -0.05) is 6.07 Å². The summed E-state index contributed by atoms with van der Waals surface area (Å²) in [5.41, 5.74) is 0.866. The molecule has 0 amide bonds. The number of ether oxygens (including phenoxy) is 1. The standard InChI is InChI=1S/C14H19BrFN3O/c1-17-14(19-9-11-3-2-6-20-11)18-8-10-4-5-12(15)13(16)7-10/h4-5,7,11H,2-3,6,8-9H2,1H3,(H2,17,18,19). The molecule has 1 aliphatic heterocycles. The number of halogens is 2. The van der Waals surface area contributed by atoms with Gasteiger partial charge in [0.15, 0.2) is 5.96 Å². The predicted octanol–water partition coefficient (Wildman–Crippen LogP) is 2.43. The molecule has 1 heterocycles. The number of nitrogens with one attached hydrogen (secondary N) is 2. The summed E-state index contributed by atoms with van der Waals surface area (Å²) in [5, 5.41) is 6.38. The Morgan fingerprint density at radius 3 is 3.00 bits per heavy atom. The summed E-state index contributed by atoms with van der Waals surface area (Å²) < 4.78 is 19.4. The first kappa shape index (κ1) is 15.3. The molecule has 0 radical (unpaired) electrons. The molecule has 1 atom stereocenters. The van der Waals surface area contributed by atoms with Crippen LogP contribution in [0.3, 0.4) is 0 Å². The highest BCUT2D eigenvalue weighted by atomic mass is 79.9. The van der Waals surface area contributed by atoms with E-state index in [1.54, 1.807) is 13.1 Å². The molecule has 110 valence electrons. The van der Waals surface area contributed by atoms with Crippen LogP contribution in [0.15, 0.2) is 27.7 Å². The van der Waals surface area contributed by atoms with Crippen LogP contribution < -0.4 is 10.6 Å². The lowest BCUT2D eigenvalue weighted by molar-refractivity contribution is 0.114. The highest BCUT2D eigenvalue weighted by molar-refractivity contribution is 9.10. The molecule has 0 spiro atoms. The van der Waals surface area contributed by atoms with Gasteiger partial charge in [0, 0.05) is 26.7 Å². The van der Waals surface area contributed by atoms with Crippen molar-refractivity contribution in [3.63, 3.8) is 0 Å². The molecule has 0 saturated carbocycles. The second kappa shape index (κ2) is 7.59. The van der Waals surface area contributed by atoms with Crippen molar-refractivity contribution < 1.29 is 9.13 Å². The maximum atomic E-state index is 13.4. The average Bonchev–Trinajstić information content (AvgIpc) is 2.96. The van der Waals surface area contributed by atoms with E-state index >= 15 is 0 Å². The van der Waals surface area contributed by atoms with Crippen LogP contribution in [0.25, 0.3) is 0 Å². The Balaban J connectivity index is 1.79. The number of guanidine groups is 1. The van der Waals surface area contributed by atoms with Crippen molar-refractivity contribution in [2.45, 2.75) is 25.5 Å². The van der Waals surface area contributed by atoms with Gasteiger partial charge in [-0.2, -0.15) is 0 Å². The van der Waals surface area contributed by atoms with Crippen molar-refractivity contribution in [2.75, 3.05) is 20.2 Å². The van der Waals surface area contributed by atoms with E-state index in [1.807, 2.05) is 6.07 Å². The fourth-order valence-electron chi connectivity index (χ4n) is 2.07. The Hall–Kier alpha value is -1.14. The third-order valence-corrected chi connectivity index (χ3v) is 3.83. The largest absolute Gasteiger partial charge is 0.376 e. The Bertz CT molecular complexity index is 475. The predicted molar refractivity (Wildman–Crippen MR) is 81.3 cm³/mol. The lowest BCUT2D eigenvalue weighted by Crippen LogP contribution is -2.40. The van der Waals surface area contributed by atoms with Crippen LogP contribution in [0.2, 0.25) is 0 Å². The van der Waals surface area contributed by atoms with Crippen LogP contribution in [0.1, 0.15) is 18.4 Å². The molecule has 1 aromatic rings. The zero-order chi connectivity index (χ0) is 14.4. The number of aliphatic imine (C=N–C) groups is 1. The van der Waals surface area contributed by atoms with Gasteiger partial charge >= 0.3 is 0 Å². The van der Waals surface area contributed by atoms with Crippen LogP contribution in [0.4, 0.5) is 4.39 Å². The SMILES string of the molecule is CN=C(NCc1ccc(Br)c(F)c1)NCC1CCCO1. The molecule has 0 aliphatic carbocycles. The molecule has 1 unspecified atom stereocenters. The van der Waals surface area contributed by atoms with E-state index < -0.39 is 0 Å². The molecule has 2 N–H and O–H groups in total. The van der Waals surface area contributed by atoms with Crippen LogP contribution in [-0.4, -0.2) is 32.3 Å².